The Balaban J connectivity index is 1.79. The minimum atomic E-state index is -0.0275. The molecule has 0 radical (unpaired) electrons. The summed E-state index contributed by atoms with van der Waals surface area (Å²) in [7, 11) is 0. The van der Waals surface area contributed by atoms with Gasteiger partial charge in [0.05, 0.1) is 6.20 Å². The number of rotatable bonds is 3. The molecule has 1 aromatic carbocycles. The van der Waals surface area contributed by atoms with Gasteiger partial charge < -0.3 is 9.80 Å². The van der Waals surface area contributed by atoms with Crippen molar-refractivity contribution in [1.29, 1.82) is 0 Å². The lowest BCUT2D eigenvalue weighted by Crippen LogP contribution is -2.54. The Morgan fingerprint density at radius 1 is 1.07 bits per heavy atom. The van der Waals surface area contributed by atoms with Gasteiger partial charge in [-0.05, 0) is 30.2 Å². The van der Waals surface area contributed by atoms with E-state index in [0.29, 0.717) is 5.92 Å². The van der Waals surface area contributed by atoms with Crippen LogP contribution in [0.25, 0.3) is 0 Å². The lowest BCUT2D eigenvalue weighted by atomic mass is 9.65. The van der Waals surface area contributed by atoms with E-state index in [9.17, 15) is 0 Å². The van der Waals surface area contributed by atoms with E-state index in [2.05, 4.69) is 69.4 Å². The van der Waals surface area contributed by atoms with Gasteiger partial charge in [-0.1, -0.05) is 38.1 Å². The molecule has 2 aromatic heterocycles. The molecule has 0 N–H and O–H groups in total. The van der Waals surface area contributed by atoms with Crippen molar-refractivity contribution in [3.8, 4) is 0 Å². The number of pyridine rings is 1. The Morgan fingerprint density at radius 2 is 1.86 bits per heavy atom. The van der Waals surface area contributed by atoms with E-state index in [1.807, 2.05) is 36.8 Å². The van der Waals surface area contributed by atoms with Gasteiger partial charge in [-0.3, -0.25) is 4.98 Å². The number of hydrogen-bond donors (Lipinski definition) is 0. The lowest BCUT2D eigenvalue weighted by molar-refractivity contribution is 0.259. The number of para-hydroxylation sites is 1. The molecule has 0 saturated carbocycles. The zero-order valence-electron chi connectivity index (χ0n) is 16.2. The first-order chi connectivity index (χ1) is 13.7. The van der Waals surface area contributed by atoms with E-state index in [1.165, 1.54) is 11.3 Å². The van der Waals surface area contributed by atoms with Gasteiger partial charge >= 0.3 is 0 Å². The van der Waals surface area contributed by atoms with Crippen LogP contribution in [0.15, 0.2) is 74.0 Å². The number of allylic oxidation sites excluding steroid dienone is 1. The summed E-state index contributed by atoms with van der Waals surface area (Å²) in [5, 5.41) is 0. The summed E-state index contributed by atoms with van der Waals surface area (Å²) >= 11 is 0. The van der Waals surface area contributed by atoms with Crippen LogP contribution in [-0.4, -0.2) is 21.1 Å². The van der Waals surface area contributed by atoms with Gasteiger partial charge in [0.1, 0.15) is 18.2 Å². The second kappa shape index (κ2) is 6.16. The first-order valence-corrected chi connectivity index (χ1v) is 9.65. The zero-order valence-corrected chi connectivity index (χ0v) is 16.2. The summed E-state index contributed by atoms with van der Waals surface area (Å²) in [5.74, 6) is 1.26. The molecule has 3 atom stereocenters. The molecule has 3 aromatic rings. The summed E-state index contributed by atoms with van der Waals surface area (Å²) in [5.41, 5.74) is 4.69. The van der Waals surface area contributed by atoms with Crippen molar-refractivity contribution in [2.24, 2.45) is 5.92 Å². The molecular weight excluding hydrogens is 346 g/mol. The molecule has 4 heterocycles. The third-order valence-electron chi connectivity index (χ3n) is 6.43. The average Bonchev–Trinajstić information content (AvgIpc) is 3.08. The molecule has 0 aliphatic carbocycles. The molecule has 2 aliphatic heterocycles. The fourth-order valence-electron chi connectivity index (χ4n) is 4.89. The van der Waals surface area contributed by atoms with Crippen LogP contribution in [0.1, 0.15) is 25.8 Å². The highest BCUT2D eigenvalue weighted by Gasteiger charge is 2.53. The Kier molecular flexibility index (Phi) is 3.72. The molecule has 0 fully saturated rings. The third kappa shape index (κ3) is 2.16. The Hall–Kier alpha value is -3.21. The summed E-state index contributed by atoms with van der Waals surface area (Å²) in [4.78, 5) is 18.0. The van der Waals surface area contributed by atoms with Crippen LogP contribution < -0.4 is 9.80 Å². The van der Waals surface area contributed by atoms with Crippen molar-refractivity contribution < 1.29 is 0 Å². The first-order valence-electron chi connectivity index (χ1n) is 9.65. The van der Waals surface area contributed by atoms with E-state index < -0.39 is 0 Å². The Bertz CT molecular complexity index is 1030. The predicted molar refractivity (Wildman–Crippen MR) is 112 cm³/mol. The number of fused-ring (bicyclic) bond motifs is 5. The van der Waals surface area contributed by atoms with Crippen molar-refractivity contribution in [3.05, 3.63) is 79.5 Å². The third-order valence-corrected chi connectivity index (χ3v) is 6.43. The largest absolute Gasteiger partial charge is 0.315 e. The normalized spacial score (nSPS) is 25.1. The molecule has 140 valence electrons. The molecule has 0 saturated heterocycles. The maximum atomic E-state index is 4.67. The van der Waals surface area contributed by atoms with E-state index in [0.717, 1.165) is 23.6 Å². The van der Waals surface area contributed by atoms with E-state index in [4.69, 9.17) is 0 Å². The van der Waals surface area contributed by atoms with Gasteiger partial charge in [-0.15, -0.1) is 6.58 Å². The lowest BCUT2D eigenvalue weighted by Gasteiger charge is -2.51. The van der Waals surface area contributed by atoms with Gasteiger partial charge in [0.25, 0.3) is 0 Å². The van der Waals surface area contributed by atoms with Gasteiger partial charge in [0, 0.05) is 35.1 Å². The fraction of sp³-hybridized carbons (Fsp3) is 0.261. The number of aromatic nitrogens is 3. The number of hydrogen-bond acceptors (Lipinski definition) is 5. The van der Waals surface area contributed by atoms with Crippen molar-refractivity contribution in [1.82, 2.24) is 15.0 Å². The summed E-state index contributed by atoms with van der Waals surface area (Å²) in [6.45, 7) is 8.75. The van der Waals surface area contributed by atoms with Gasteiger partial charge in [0.15, 0.2) is 5.82 Å². The fourth-order valence-corrected chi connectivity index (χ4v) is 4.89. The SMILES string of the molecule is C=CCC1(C)c2ccccc2N2c3cncnc3N(c3ccncc3)C2C1C. The molecule has 0 spiro atoms. The van der Waals surface area contributed by atoms with Crippen LogP contribution in [0.5, 0.6) is 0 Å². The highest BCUT2D eigenvalue weighted by Crippen LogP contribution is 2.57. The maximum Gasteiger partial charge on any atom is 0.162 e. The molecule has 2 aliphatic rings. The average molecular weight is 369 g/mol. The topological polar surface area (TPSA) is 45.2 Å². The van der Waals surface area contributed by atoms with Crippen LogP contribution in [0.4, 0.5) is 22.9 Å². The van der Waals surface area contributed by atoms with E-state index in [-0.39, 0.29) is 11.6 Å². The molecule has 3 unspecified atom stereocenters. The minimum Gasteiger partial charge on any atom is -0.315 e. The monoisotopic (exact) mass is 369 g/mol. The predicted octanol–water partition coefficient (Wildman–Crippen LogP) is 4.97. The van der Waals surface area contributed by atoms with E-state index >= 15 is 0 Å². The summed E-state index contributed by atoms with van der Waals surface area (Å²) in [6.07, 6.45) is 10.3. The Morgan fingerprint density at radius 3 is 2.64 bits per heavy atom. The van der Waals surface area contributed by atoms with Crippen molar-refractivity contribution in [2.45, 2.75) is 31.8 Å². The Labute approximate surface area is 165 Å². The van der Waals surface area contributed by atoms with Gasteiger partial charge in [0.2, 0.25) is 0 Å². The molecular formula is C23H23N5. The van der Waals surface area contributed by atoms with E-state index in [1.54, 1.807) is 6.33 Å². The van der Waals surface area contributed by atoms with Crippen molar-refractivity contribution in [3.63, 3.8) is 0 Å². The standard InChI is InChI=1S/C23H23N5/c1-4-11-23(3)16(2)22-27(17-9-12-24-13-10-17)21-20(14-25-15-26-21)28(22)19-8-6-5-7-18(19)23/h4-10,12-16,22H,1,11H2,2-3H3. The molecule has 5 nitrogen and oxygen atoms in total. The second-order valence-electron chi connectivity index (χ2n) is 7.81. The molecule has 28 heavy (non-hydrogen) atoms. The first kappa shape index (κ1) is 16.9. The van der Waals surface area contributed by atoms with Crippen LogP contribution in [0, 0.1) is 5.92 Å². The highest BCUT2D eigenvalue weighted by atomic mass is 15.5. The van der Waals surface area contributed by atoms with Gasteiger partial charge in [-0.25, -0.2) is 9.97 Å². The highest BCUT2D eigenvalue weighted by molar-refractivity contribution is 5.87. The van der Waals surface area contributed by atoms with Crippen LogP contribution in [0.2, 0.25) is 0 Å². The molecule has 0 amide bonds. The van der Waals surface area contributed by atoms with Crippen LogP contribution in [-0.2, 0) is 5.41 Å². The number of anilines is 4. The molecule has 5 heteroatoms. The number of benzene rings is 1. The van der Waals surface area contributed by atoms with Crippen LogP contribution >= 0.6 is 0 Å². The molecule has 5 rings (SSSR count). The zero-order chi connectivity index (χ0) is 19.3. The van der Waals surface area contributed by atoms with Crippen LogP contribution in [0.3, 0.4) is 0 Å². The van der Waals surface area contributed by atoms with Crippen molar-refractivity contribution >= 4 is 22.9 Å². The maximum absolute atomic E-state index is 4.67. The van der Waals surface area contributed by atoms with Crippen molar-refractivity contribution in [2.75, 3.05) is 9.80 Å². The molecule has 0 bridgehead atoms. The smallest absolute Gasteiger partial charge is 0.162 e. The quantitative estimate of drug-likeness (QED) is 0.610. The minimum absolute atomic E-state index is 0.0275. The van der Waals surface area contributed by atoms with Gasteiger partial charge in [-0.2, -0.15) is 0 Å². The second-order valence-corrected chi connectivity index (χ2v) is 7.81. The summed E-state index contributed by atoms with van der Waals surface area (Å²) in [6, 6.07) is 12.8. The number of nitrogens with zero attached hydrogens (tertiary/aromatic N) is 5. The summed E-state index contributed by atoms with van der Waals surface area (Å²) < 4.78 is 0.